The minimum atomic E-state index is -0.410. The van der Waals surface area contributed by atoms with Crippen molar-refractivity contribution in [3.05, 3.63) is 309 Å². The van der Waals surface area contributed by atoms with Gasteiger partial charge in [0, 0.05) is 66.7 Å². The molecule has 1 aliphatic carbocycles. The quantitative estimate of drug-likeness (QED) is 0.156. The summed E-state index contributed by atoms with van der Waals surface area (Å²) in [5, 5.41) is 23.2. The number of anilines is 3. The zero-order chi connectivity index (χ0) is 60.5. The molecule has 0 saturated heterocycles. The molecule has 0 fully saturated rings. The van der Waals surface area contributed by atoms with E-state index in [1.165, 1.54) is 114 Å². The molecule has 0 N–H and O–H groups in total. The standard InChI is InChI=1S/C87H55N5/c1-87(2)78-50-76-68-30-12-9-26-64(68)63-25-8-11-29-67(63)75(76)49-77(78)72-45-46-73-82-59(33-18-36-81(82)92(85(73)83(72)87)86-88-51-54-38-37-52-19-3-4-22-60(52)84(54)89-86)53-39-41-55(42-40-53)90(58-43-44-69-65-27-6-5-23-61(65)62-24-7-10-28-66(62)74(69)48-58)56-20-17-21-57(47-56)91-79-34-15-13-31-70(79)71-32-14-16-35-80(71)91/h3-51H,1-2H3. The van der Waals surface area contributed by atoms with Gasteiger partial charge < -0.3 is 9.47 Å². The Morgan fingerprint density at radius 3 is 1.48 bits per heavy atom. The molecule has 5 heteroatoms. The van der Waals surface area contributed by atoms with Crippen molar-refractivity contribution in [3.63, 3.8) is 0 Å². The van der Waals surface area contributed by atoms with Crippen molar-refractivity contribution < 1.29 is 0 Å². The highest BCUT2D eigenvalue weighted by molar-refractivity contribution is 6.28. The highest BCUT2D eigenvalue weighted by Crippen LogP contribution is 2.56. The van der Waals surface area contributed by atoms with Gasteiger partial charge in [-0.1, -0.05) is 232 Å². The summed E-state index contributed by atoms with van der Waals surface area (Å²) < 4.78 is 4.80. The summed E-state index contributed by atoms with van der Waals surface area (Å²) in [5.74, 6) is 0.651. The summed E-state index contributed by atoms with van der Waals surface area (Å²) >= 11 is 0. The van der Waals surface area contributed by atoms with Gasteiger partial charge in [0.1, 0.15) is 0 Å². The Bertz CT molecular complexity index is 6330. The molecular weight excluding hydrogens is 1110 g/mol. The minimum Gasteiger partial charge on any atom is -0.310 e. The lowest BCUT2D eigenvalue weighted by Crippen LogP contribution is -2.17. The van der Waals surface area contributed by atoms with E-state index in [2.05, 4.69) is 319 Å². The Labute approximate surface area is 529 Å². The average Bonchev–Trinajstić information content (AvgIpc) is 1.51. The maximum atomic E-state index is 5.62. The van der Waals surface area contributed by atoms with Crippen molar-refractivity contribution in [2.24, 2.45) is 0 Å². The van der Waals surface area contributed by atoms with Crippen molar-refractivity contribution in [2.45, 2.75) is 19.3 Å². The van der Waals surface area contributed by atoms with Crippen LogP contribution in [0.3, 0.4) is 0 Å². The second-order valence-electron chi connectivity index (χ2n) is 25.6. The lowest BCUT2D eigenvalue weighted by molar-refractivity contribution is 0.664. The Kier molecular flexibility index (Phi) is 10.6. The predicted octanol–water partition coefficient (Wildman–Crippen LogP) is 23.3. The monoisotopic (exact) mass is 1170 g/mol. The summed E-state index contributed by atoms with van der Waals surface area (Å²) in [7, 11) is 0. The lowest BCUT2D eigenvalue weighted by Gasteiger charge is -2.27. The maximum Gasteiger partial charge on any atom is 0.235 e. The zero-order valence-electron chi connectivity index (χ0n) is 50.5. The summed E-state index contributed by atoms with van der Waals surface area (Å²) in [5.41, 5.74) is 16.7. The second-order valence-corrected chi connectivity index (χ2v) is 25.6. The third-order valence-electron chi connectivity index (χ3n) is 20.4. The fraction of sp³-hybridized carbons (Fsp3) is 0.0345. The van der Waals surface area contributed by atoms with Crippen LogP contribution in [0.2, 0.25) is 0 Å². The molecule has 428 valence electrons. The molecule has 20 rings (SSSR count). The molecule has 0 radical (unpaired) electrons. The van der Waals surface area contributed by atoms with Crippen molar-refractivity contribution in [3.8, 4) is 33.9 Å². The Morgan fingerprint density at radius 1 is 0.326 bits per heavy atom. The molecule has 0 bridgehead atoms. The molecule has 1 aliphatic rings. The first-order chi connectivity index (χ1) is 45.4. The number of fused-ring (bicyclic) bond motifs is 25. The van der Waals surface area contributed by atoms with E-state index in [4.69, 9.17) is 9.97 Å². The summed E-state index contributed by atoms with van der Waals surface area (Å²) in [6.45, 7) is 4.85. The van der Waals surface area contributed by atoms with Crippen molar-refractivity contribution in [1.29, 1.82) is 0 Å². The van der Waals surface area contributed by atoms with Crippen LogP contribution in [0.5, 0.6) is 0 Å². The van der Waals surface area contributed by atoms with Crippen LogP contribution in [-0.2, 0) is 5.41 Å². The molecule has 0 saturated carbocycles. The van der Waals surface area contributed by atoms with Crippen molar-refractivity contribution in [1.82, 2.24) is 19.1 Å². The number of benzene rings is 16. The van der Waals surface area contributed by atoms with Crippen LogP contribution in [0.25, 0.3) is 164 Å². The van der Waals surface area contributed by atoms with Crippen LogP contribution in [-0.4, -0.2) is 19.1 Å². The van der Waals surface area contributed by atoms with Gasteiger partial charge in [-0.25, -0.2) is 9.97 Å². The lowest BCUT2D eigenvalue weighted by atomic mass is 9.80. The molecule has 19 aromatic rings. The van der Waals surface area contributed by atoms with Crippen LogP contribution in [0.1, 0.15) is 25.0 Å². The van der Waals surface area contributed by atoms with E-state index in [0.29, 0.717) is 5.95 Å². The highest BCUT2D eigenvalue weighted by Gasteiger charge is 2.40. The molecular formula is C87H55N5. The Hall–Kier alpha value is -11.9. The van der Waals surface area contributed by atoms with E-state index >= 15 is 0 Å². The van der Waals surface area contributed by atoms with E-state index in [9.17, 15) is 0 Å². The third-order valence-corrected chi connectivity index (χ3v) is 20.4. The van der Waals surface area contributed by atoms with Gasteiger partial charge in [-0.2, -0.15) is 0 Å². The summed E-state index contributed by atoms with van der Waals surface area (Å²) in [6, 6.07) is 108. The van der Waals surface area contributed by atoms with Crippen molar-refractivity contribution >= 4 is 147 Å². The molecule has 3 aromatic heterocycles. The van der Waals surface area contributed by atoms with Gasteiger partial charge in [0.15, 0.2) is 0 Å². The fourth-order valence-electron chi connectivity index (χ4n) is 16.4. The number of hydrogen-bond donors (Lipinski definition) is 0. The van der Waals surface area contributed by atoms with E-state index < -0.39 is 5.41 Å². The molecule has 0 spiro atoms. The van der Waals surface area contributed by atoms with Gasteiger partial charge in [0.05, 0.1) is 27.6 Å². The predicted molar refractivity (Wildman–Crippen MR) is 388 cm³/mol. The molecule has 0 amide bonds. The van der Waals surface area contributed by atoms with Crippen molar-refractivity contribution in [2.75, 3.05) is 4.90 Å². The number of nitrogens with zero attached hydrogens (tertiary/aromatic N) is 5. The molecule has 0 atom stereocenters. The van der Waals surface area contributed by atoms with Gasteiger partial charge in [-0.3, -0.25) is 4.57 Å². The topological polar surface area (TPSA) is 38.9 Å². The SMILES string of the molecule is CC1(C)c2cc3c4ccccc4c4ccccc4c3cc2-c2ccc3c4c(-c5ccc(N(c6cccc(-n7c8ccccc8c8ccccc87)c6)c6ccc7c8ccccc8c8ccccc8c7c6)cc5)cccc4n(-c4ncc5ccc6ccccc6c5n4)c3c21. The third kappa shape index (κ3) is 7.13. The van der Waals surface area contributed by atoms with Gasteiger partial charge in [0.25, 0.3) is 0 Å². The number of rotatable bonds is 6. The van der Waals surface area contributed by atoms with Crippen LogP contribution in [0.4, 0.5) is 17.1 Å². The van der Waals surface area contributed by atoms with Crippen LogP contribution in [0, 0.1) is 0 Å². The number of hydrogen-bond acceptors (Lipinski definition) is 3. The molecule has 3 heterocycles. The average molecular weight is 1170 g/mol. The van der Waals surface area contributed by atoms with Gasteiger partial charge >= 0.3 is 0 Å². The number of aromatic nitrogens is 4. The van der Waals surface area contributed by atoms with E-state index in [1.54, 1.807) is 0 Å². The first-order valence-electron chi connectivity index (χ1n) is 31.9. The van der Waals surface area contributed by atoms with Gasteiger partial charge in [-0.05, 0) is 176 Å². The Morgan fingerprint density at radius 2 is 0.826 bits per heavy atom. The van der Waals surface area contributed by atoms with Crippen LogP contribution < -0.4 is 4.90 Å². The molecule has 16 aromatic carbocycles. The zero-order valence-corrected chi connectivity index (χ0v) is 50.5. The molecule has 92 heavy (non-hydrogen) atoms. The second kappa shape index (κ2) is 19.1. The van der Waals surface area contributed by atoms with E-state index in [-0.39, 0.29) is 0 Å². The normalized spacial score (nSPS) is 13.0. The fourth-order valence-corrected chi connectivity index (χ4v) is 16.4. The van der Waals surface area contributed by atoms with E-state index in [0.717, 1.165) is 72.0 Å². The smallest absolute Gasteiger partial charge is 0.235 e. The maximum absolute atomic E-state index is 5.62. The van der Waals surface area contributed by atoms with Gasteiger partial charge in [-0.15, -0.1) is 0 Å². The first-order valence-corrected chi connectivity index (χ1v) is 31.9. The van der Waals surface area contributed by atoms with Gasteiger partial charge in [0.2, 0.25) is 5.95 Å². The largest absolute Gasteiger partial charge is 0.310 e. The highest BCUT2D eigenvalue weighted by atomic mass is 15.2. The molecule has 5 nitrogen and oxygen atoms in total. The summed E-state index contributed by atoms with van der Waals surface area (Å²) in [4.78, 5) is 13.4. The first kappa shape index (κ1) is 51.0. The molecule has 0 unspecified atom stereocenters. The van der Waals surface area contributed by atoms with Crippen LogP contribution in [0.15, 0.2) is 297 Å². The Balaban J connectivity index is 0.808. The van der Waals surface area contributed by atoms with E-state index in [1.807, 2.05) is 6.20 Å². The minimum absolute atomic E-state index is 0.410. The summed E-state index contributed by atoms with van der Waals surface area (Å²) in [6.07, 6.45) is 2.01. The molecule has 0 aliphatic heterocycles. The van der Waals surface area contributed by atoms with Crippen LogP contribution >= 0.6 is 0 Å². The number of para-hydroxylation sites is 2.